The summed E-state index contributed by atoms with van der Waals surface area (Å²) in [5.74, 6) is -0.412. The Morgan fingerprint density at radius 3 is 3.05 bits per heavy atom. The van der Waals surface area contributed by atoms with E-state index < -0.39 is 12.1 Å². The maximum atomic E-state index is 12.2. The molecule has 2 N–H and O–H groups in total. The number of nitrogens with zero attached hydrogens (tertiary/aromatic N) is 3. The summed E-state index contributed by atoms with van der Waals surface area (Å²) >= 11 is 0. The highest BCUT2D eigenvalue weighted by atomic mass is 16.5. The van der Waals surface area contributed by atoms with Gasteiger partial charge in [-0.15, -0.1) is 5.10 Å². The standard InChI is InChI=1S/C12H18N4O4/c1-2-3-9-13-11(15-14-9)12(19)16-4-5-20-8(7-16)6-10(17)18/h8H,2-7H2,1H3,(H,17,18)(H,13,14,15). The first-order valence-corrected chi connectivity index (χ1v) is 6.64. The van der Waals surface area contributed by atoms with Crippen molar-refractivity contribution in [2.45, 2.75) is 32.3 Å². The SMILES string of the molecule is CCCc1nc(C(=O)N2CCOC(CC(=O)O)C2)n[nH]1. The smallest absolute Gasteiger partial charge is 0.306 e. The second-order valence-corrected chi connectivity index (χ2v) is 4.70. The number of nitrogens with one attached hydrogen (secondary N) is 1. The molecule has 0 aliphatic carbocycles. The lowest BCUT2D eigenvalue weighted by Crippen LogP contribution is -2.46. The Hall–Kier alpha value is -1.96. The fraction of sp³-hybridized carbons (Fsp3) is 0.667. The van der Waals surface area contributed by atoms with Crippen LogP contribution in [0.15, 0.2) is 0 Å². The van der Waals surface area contributed by atoms with Gasteiger partial charge in [0.25, 0.3) is 5.91 Å². The van der Waals surface area contributed by atoms with E-state index in [1.807, 2.05) is 6.92 Å². The zero-order valence-electron chi connectivity index (χ0n) is 11.3. The number of aromatic nitrogens is 3. The molecule has 0 spiro atoms. The second-order valence-electron chi connectivity index (χ2n) is 4.70. The number of H-pyrrole nitrogens is 1. The van der Waals surface area contributed by atoms with Crippen LogP contribution in [-0.2, 0) is 16.0 Å². The Balaban J connectivity index is 1.98. The van der Waals surface area contributed by atoms with Crippen molar-refractivity contribution in [3.8, 4) is 0 Å². The van der Waals surface area contributed by atoms with Crippen LogP contribution in [0.3, 0.4) is 0 Å². The molecule has 1 amide bonds. The first-order valence-electron chi connectivity index (χ1n) is 6.64. The van der Waals surface area contributed by atoms with Gasteiger partial charge < -0.3 is 14.7 Å². The number of hydrogen-bond donors (Lipinski definition) is 2. The number of amides is 1. The molecule has 1 aliphatic rings. The number of morpholine rings is 1. The van der Waals surface area contributed by atoms with Gasteiger partial charge in [0.05, 0.1) is 19.1 Å². The van der Waals surface area contributed by atoms with Gasteiger partial charge in [-0.25, -0.2) is 4.98 Å². The Kier molecular flexibility index (Phi) is 4.67. The Morgan fingerprint density at radius 1 is 1.55 bits per heavy atom. The number of ether oxygens (including phenoxy) is 1. The van der Waals surface area contributed by atoms with Crippen LogP contribution < -0.4 is 0 Å². The summed E-state index contributed by atoms with van der Waals surface area (Å²) in [6, 6.07) is 0. The van der Waals surface area contributed by atoms with Crippen molar-refractivity contribution < 1.29 is 19.4 Å². The lowest BCUT2D eigenvalue weighted by molar-refractivity contribution is -0.141. The molecule has 1 saturated heterocycles. The van der Waals surface area contributed by atoms with E-state index in [0.717, 1.165) is 12.8 Å². The van der Waals surface area contributed by atoms with E-state index in [1.54, 1.807) is 0 Å². The molecule has 2 rings (SSSR count). The third-order valence-electron chi connectivity index (χ3n) is 3.04. The molecule has 0 bridgehead atoms. The average Bonchev–Trinajstić information content (AvgIpc) is 2.86. The maximum absolute atomic E-state index is 12.2. The van der Waals surface area contributed by atoms with Crippen LogP contribution in [0.5, 0.6) is 0 Å². The van der Waals surface area contributed by atoms with Gasteiger partial charge in [0, 0.05) is 19.5 Å². The van der Waals surface area contributed by atoms with Crippen LogP contribution in [0, 0.1) is 0 Å². The zero-order valence-corrected chi connectivity index (χ0v) is 11.3. The van der Waals surface area contributed by atoms with Crippen molar-refractivity contribution >= 4 is 11.9 Å². The summed E-state index contributed by atoms with van der Waals surface area (Å²) in [6.07, 6.45) is 1.07. The van der Waals surface area contributed by atoms with Crippen LogP contribution in [0.2, 0.25) is 0 Å². The monoisotopic (exact) mass is 282 g/mol. The van der Waals surface area contributed by atoms with Gasteiger partial charge in [-0.1, -0.05) is 6.92 Å². The van der Waals surface area contributed by atoms with E-state index in [1.165, 1.54) is 4.90 Å². The van der Waals surface area contributed by atoms with Gasteiger partial charge in [0.1, 0.15) is 5.82 Å². The zero-order chi connectivity index (χ0) is 14.5. The predicted octanol–water partition coefficient (Wildman–Crippen LogP) is 0.0729. The molecule has 110 valence electrons. The van der Waals surface area contributed by atoms with Gasteiger partial charge in [0.15, 0.2) is 0 Å². The van der Waals surface area contributed by atoms with Crippen molar-refractivity contribution in [3.63, 3.8) is 0 Å². The molecule has 8 heteroatoms. The third kappa shape index (κ3) is 3.53. The Labute approximate surface area is 116 Å². The molecule has 2 heterocycles. The number of aromatic amines is 1. The third-order valence-corrected chi connectivity index (χ3v) is 3.04. The number of carboxylic acids is 1. The van der Waals surface area contributed by atoms with Crippen LogP contribution in [-0.4, -0.2) is 62.9 Å². The first kappa shape index (κ1) is 14.4. The Morgan fingerprint density at radius 2 is 2.35 bits per heavy atom. The summed E-state index contributed by atoms with van der Waals surface area (Å²) < 4.78 is 5.33. The van der Waals surface area contributed by atoms with Crippen molar-refractivity contribution in [2.75, 3.05) is 19.7 Å². The molecule has 0 radical (unpaired) electrons. The van der Waals surface area contributed by atoms with Gasteiger partial charge in [-0.05, 0) is 6.42 Å². The van der Waals surface area contributed by atoms with Crippen molar-refractivity contribution in [1.82, 2.24) is 20.1 Å². The normalized spacial score (nSPS) is 19.1. The molecule has 1 aliphatic heterocycles. The number of aryl methyl sites for hydroxylation is 1. The molecular formula is C12H18N4O4. The highest BCUT2D eigenvalue weighted by Crippen LogP contribution is 2.11. The fourth-order valence-electron chi connectivity index (χ4n) is 2.10. The number of carbonyl (C=O) groups excluding carboxylic acids is 1. The molecule has 1 unspecified atom stereocenters. The minimum Gasteiger partial charge on any atom is -0.481 e. The predicted molar refractivity (Wildman–Crippen MR) is 68.3 cm³/mol. The summed E-state index contributed by atoms with van der Waals surface area (Å²) in [5.41, 5.74) is 0. The first-order chi connectivity index (χ1) is 9.60. The molecule has 1 atom stereocenters. The number of carboxylic acid groups (broad SMARTS) is 1. The van der Waals surface area contributed by atoms with E-state index in [-0.39, 0.29) is 24.7 Å². The summed E-state index contributed by atoms with van der Waals surface area (Å²) in [4.78, 5) is 28.6. The molecule has 8 nitrogen and oxygen atoms in total. The number of aliphatic carboxylic acids is 1. The minimum atomic E-state index is -0.938. The largest absolute Gasteiger partial charge is 0.481 e. The number of carbonyl (C=O) groups is 2. The van der Waals surface area contributed by atoms with Crippen molar-refractivity contribution in [1.29, 1.82) is 0 Å². The van der Waals surface area contributed by atoms with Gasteiger partial charge in [-0.3, -0.25) is 14.7 Å². The highest BCUT2D eigenvalue weighted by molar-refractivity contribution is 5.90. The molecule has 0 aromatic carbocycles. The van der Waals surface area contributed by atoms with E-state index >= 15 is 0 Å². The summed E-state index contributed by atoms with van der Waals surface area (Å²) in [6.45, 7) is 3.02. The molecule has 1 fully saturated rings. The number of hydrogen-bond acceptors (Lipinski definition) is 5. The molecule has 1 aromatic rings. The molecule has 1 aromatic heterocycles. The van der Waals surface area contributed by atoms with Gasteiger partial charge in [-0.2, -0.15) is 0 Å². The van der Waals surface area contributed by atoms with E-state index in [9.17, 15) is 9.59 Å². The van der Waals surface area contributed by atoms with Crippen LogP contribution in [0.25, 0.3) is 0 Å². The quantitative estimate of drug-likeness (QED) is 0.791. The molecular weight excluding hydrogens is 264 g/mol. The lowest BCUT2D eigenvalue weighted by atomic mass is 10.2. The minimum absolute atomic E-state index is 0.112. The molecule has 0 saturated carbocycles. The topological polar surface area (TPSA) is 108 Å². The highest BCUT2D eigenvalue weighted by Gasteiger charge is 2.28. The summed E-state index contributed by atoms with van der Waals surface area (Å²) in [5, 5.41) is 15.4. The van der Waals surface area contributed by atoms with Crippen LogP contribution in [0.4, 0.5) is 0 Å². The lowest BCUT2D eigenvalue weighted by Gasteiger charge is -2.31. The van der Waals surface area contributed by atoms with Crippen molar-refractivity contribution in [3.05, 3.63) is 11.6 Å². The van der Waals surface area contributed by atoms with Gasteiger partial charge >= 0.3 is 5.97 Å². The van der Waals surface area contributed by atoms with Crippen LogP contribution >= 0.6 is 0 Å². The molecule has 20 heavy (non-hydrogen) atoms. The van der Waals surface area contributed by atoms with E-state index in [4.69, 9.17) is 9.84 Å². The van der Waals surface area contributed by atoms with E-state index in [0.29, 0.717) is 19.0 Å². The fourth-order valence-corrected chi connectivity index (χ4v) is 2.10. The Bertz CT molecular complexity index is 488. The van der Waals surface area contributed by atoms with Crippen molar-refractivity contribution in [2.24, 2.45) is 0 Å². The second kappa shape index (κ2) is 6.47. The van der Waals surface area contributed by atoms with Crippen LogP contribution in [0.1, 0.15) is 36.2 Å². The number of rotatable bonds is 5. The average molecular weight is 282 g/mol. The summed E-state index contributed by atoms with van der Waals surface area (Å²) in [7, 11) is 0. The van der Waals surface area contributed by atoms with E-state index in [2.05, 4.69) is 15.2 Å². The van der Waals surface area contributed by atoms with Gasteiger partial charge in [0.2, 0.25) is 5.82 Å². The maximum Gasteiger partial charge on any atom is 0.306 e.